The Morgan fingerprint density at radius 1 is 1.55 bits per heavy atom. The summed E-state index contributed by atoms with van der Waals surface area (Å²) in [5.41, 5.74) is -0.136. The van der Waals surface area contributed by atoms with Crippen molar-refractivity contribution in [3.63, 3.8) is 0 Å². The van der Waals surface area contributed by atoms with E-state index in [1.807, 2.05) is 6.92 Å². The van der Waals surface area contributed by atoms with Gasteiger partial charge in [0.05, 0.1) is 4.92 Å². The number of nitro groups is 1. The van der Waals surface area contributed by atoms with Crippen molar-refractivity contribution in [1.29, 1.82) is 0 Å². The zero-order chi connectivity index (χ0) is 14.5. The lowest BCUT2D eigenvalue weighted by Gasteiger charge is -2.26. The molecular weight excluding hydrogens is 280 g/mol. The second kappa shape index (κ2) is 6.56. The molecule has 1 fully saturated rings. The number of carbonyl (C=O) groups is 1. The predicted octanol–water partition coefficient (Wildman–Crippen LogP) is 1.61. The lowest BCUT2D eigenvalue weighted by molar-refractivity contribution is -0.385. The van der Waals surface area contributed by atoms with E-state index in [1.165, 1.54) is 6.07 Å². The van der Waals surface area contributed by atoms with Crippen molar-refractivity contribution in [3.05, 3.63) is 27.9 Å². The molecule has 2 heterocycles. The SMILES string of the molecule is CCNc1cc(C(=O)N2CCSCC2)c([N+](=O)[O-])cn1. The molecule has 20 heavy (non-hydrogen) atoms. The highest BCUT2D eigenvalue weighted by Crippen LogP contribution is 2.23. The minimum atomic E-state index is -0.561. The van der Waals surface area contributed by atoms with E-state index >= 15 is 0 Å². The van der Waals surface area contributed by atoms with Crippen molar-refractivity contribution in [2.75, 3.05) is 36.5 Å². The number of nitrogens with one attached hydrogen (secondary N) is 1. The van der Waals surface area contributed by atoms with Crippen LogP contribution >= 0.6 is 11.8 Å². The predicted molar refractivity (Wildman–Crippen MR) is 78.3 cm³/mol. The van der Waals surface area contributed by atoms with E-state index in [4.69, 9.17) is 0 Å². The zero-order valence-corrected chi connectivity index (χ0v) is 12.0. The van der Waals surface area contributed by atoms with Gasteiger partial charge in [-0.1, -0.05) is 0 Å². The molecule has 0 atom stereocenters. The minimum absolute atomic E-state index is 0.104. The van der Waals surface area contributed by atoms with Crippen LogP contribution in [0.3, 0.4) is 0 Å². The Kier molecular flexibility index (Phi) is 4.78. The number of pyridine rings is 1. The van der Waals surface area contributed by atoms with Gasteiger partial charge in [-0.25, -0.2) is 4.98 Å². The molecule has 1 aromatic heterocycles. The van der Waals surface area contributed by atoms with E-state index in [0.29, 0.717) is 25.5 Å². The zero-order valence-electron chi connectivity index (χ0n) is 11.2. The molecule has 0 unspecified atom stereocenters. The number of hydrogen-bond acceptors (Lipinski definition) is 6. The van der Waals surface area contributed by atoms with Gasteiger partial charge in [0.1, 0.15) is 17.6 Å². The van der Waals surface area contributed by atoms with Crippen LogP contribution in [-0.2, 0) is 0 Å². The van der Waals surface area contributed by atoms with E-state index in [9.17, 15) is 14.9 Å². The minimum Gasteiger partial charge on any atom is -0.370 e. The van der Waals surface area contributed by atoms with Crippen molar-refractivity contribution in [3.8, 4) is 0 Å². The Bertz CT molecular complexity index is 517. The van der Waals surface area contributed by atoms with Crippen LogP contribution < -0.4 is 5.32 Å². The first-order valence-corrected chi connectivity index (χ1v) is 7.54. The van der Waals surface area contributed by atoms with Crippen molar-refractivity contribution >= 4 is 29.2 Å². The normalized spacial score (nSPS) is 14.9. The van der Waals surface area contributed by atoms with Gasteiger partial charge >= 0.3 is 0 Å². The number of carbonyl (C=O) groups excluding carboxylic acids is 1. The molecule has 0 bridgehead atoms. The number of anilines is 1. The Morgan fingerprint density at radius 2 is 2.25 bits per heavy atom. The largest absolute Gasteiger partial charge is 0.370 e. The molecule has 0 saturated carbocycles. The Labute approximate surface area is 120 Å². The summed E-state index contributed by atoms with van der Waals surface area (Å²) in [6.45, 7) is 3.78. The summed E-state index contributed by atoms with van der Waals surface area (Å²) in [5.74, 6) is 1.92. The molecule has 1 saturated heterocycles. The van der Waals surface area contributed by atoms with E-state index in [-0.39, 0.29) is 17.2 Å². The van der Waals surface area contributed by atoms with Crippen molar-refractivity contribution in [1.82, 2.24) is 9.88 Å². The van der Waals surface area contributed by atoms with Gasteiger partial charge in [0, 0.05) is 37.2 Å². The average Bonchev–Trinajstić information content (AvgIpc) is 2.47. The molecule has 0 aliphatic carbocycles. The molecule has 0 radical (unpaired) electrons. The summed E-state index contributed by atoms with van der Waals surface area (Å²) in [5, 5.41) is 14.0. The maximum absolute atomic E-state index is 12.4. The van der Waals surface area contributed by atoms with E-state index in [1.54, 1.807) is 16.7 Å². The molecular formula is C12H16N4O3S. The highest BCUT2D eigenvalue weighted by Gasteiger charge is 2.26. The quantitative estimate of drug-likeness (QED) is 0.671. The van der Waals surface area contributed by atoms with Crippen molar-refractivity contribution < 1.29 is 9.72 Å². The van der Waals surface area contributed by atoms with Gasteiger partial charge in [-0.05, 0) is 6.92 Å². The van der Waals surface area contributed by atoms with Crippen LogP contribution in [0, 0.1) is 10.1 Å². The molecule has 1 aliphatic rings. The number of thioether (sulfide) groups is 1. The lowest BCUT2D eigenvalue weighted by Crippen LogP contribution is -2.38. The van der Waals surface area contributed by atoms with Gasteiger partial charge in [0.25, 0.3) is 11.6 Å². The fourth-order valence-electron chi connectivity index (χ4n) is 1.98. The fraction of sp³-hybridized carbons (Fsp3) is 0.500. The molecule has 2 rings (SSSR count). The van der Waals surface area contributed by atoms with Crippen LogP contribution in [0.1, 0.15) is 17.3 Å². The Morgan fingerprint density at radius 3 is 2.85 bits per heavy atom. The summed E-state index contributed by atoms with van der Waals surface area (Å²) in [7, 11) is 0. The molecule has 1 aliphatic heterocycles. The highest BCUT2D eigenvalue weighted by molar-refractivity contribution is 7.99. The number of aromatic nitrogens is 1. The second-order valence-electron chi connectivity index (χ2n) is 4.28. The Balaban J connectivity index is 2.32. The third kappa shape index (κ3) is 3.19. The summed E-state index contributed by atoms with van der Waals surface area (Å²) in [6.07, 6.45) is 1.14. The number of rotatable bonds is 4. The van der Waals surface area contributed by atoms with Crippen LogP contribution in [0.25, 0.3) is 0 Å². The van der Waals surface area contributed by atoms with Gasteiger partial charge in [0.2, 0.25) is 0 Å². The lowest BCUT2D eigenvalue weighted by atomic mass is 10.2. The highest BCUT2D eigenvalue weighted by atomic mass is 32.2. The smallest absolute Gasteiger partial charge is 0.300 e. The molecule has 1 aromatic rings. The molecule has 7 nitrogen and oxygen atoms in total. The van der Waals surface area contributed by atoms with Gasteiger partial charge in [-0.3, -0.25) is 14.9 Å². The summed E-state index contributed by atoms with van der Waals surface area (Å²) >= 11 is 1.78. The average molecular weight is 296 g/mol. The first-order valence-electron chi connectivity index (χ1n) is 6.38. The molecule has 1 amide bonds. The van der Waals surface area contributed by atoms with Gasteiger partial charge < -0.3 is 10.2 Å². The monoisotopic (exact) mass is 296 g/mol. The van der Waals surface area contributed by atoms with Crippen LogP contribution in [0.4, 0.5) is 11.5 Å². The molecule has 1 N–H and O–H groups in total. The van der Waals surface area contributed by atoms with Crippen LogP contribution in [0.15, 0.2) is 12.3 Å². The van der Waals surface area contributed by atoms with Gasteiger partial charge in [-0.2, -0.15) is 11.8 Å². The standard InChI is InChI=1S/C12H16N4O3S/c1-2-13-11-7-9(10(8-14-11)16(18)19)12(17)15-3-5-20-6-4-15/h7-8H,2-6H2,1H3,(H,13,14). The fourth-order valence-corrected chi connectivity index (χ4v) is 2.88. The maximum Gasteiger partial charge on any atom is 0.300 e. The first kappa shape index (κ1) is 14.6. The number of amides is 1. The van der Waals surface area contributed by atoms with Crippen LogP contribution in [0.5, 0.6) is 0 Å². The maximum atomic E-state index is 12.4. The van der Waals surface area contributed by atoms with Crippen molar-refractivity contribution in [2.24, 2.45) is 0 Å². The number of hydrogen-bond donors (Lipinski definition) is 1. The van der Waals surface area contributed by atoms with Crippen molar-refractivity contribution in [2.45, 2.75) is 6.92 Å². The molecule has 108 valence electrons. The summed E-state index contributed by atoms with van der Waals surface area (Å²) < 4.78 is 0. The third-order valence-electron chi connectivity index (χ3n) is 2.97. The first-order chi connectivity index (χ1) is 9.63. The van der Waals surface area contributed by atoms with Gasteiger partial charge in [-0.15, -0.1) is 0 Å². The number of nitrogens with zero attached hydrogens (tertiary/aromatic N) is 3. The van der Waals surface area contributed by atoms with E-state index in [2.05, 4.69) is 10.3 Å². The molecule has 0 spiro atoms. The van der Waals surface area contributed by atoms with E-state index < -0.39 is 4.92 Å². The summed E-state index contributed by atoms with van der Waals surface area (Å²) in [6, 6.07) is 1.46. The van der Waals surface area contributed by atoms with E-state index in [0.717, 1.165) is 17.7 Å². The van der Waals surface area contributed by atoms with Gasteiger partial charge in [0.15, 0.2) is 0 Å². The Hall–Kier alpha value is -1.83. The second-order valence-corrected chi connectivity index (χ2v) is 5.50. The molecule has 0 aromatic carbocycles. The van der Waals surface area contributed by atoms with Crippen LogP contribution in [-0.4, -0.2) is 51.9 Å². The molecule has 8 heteroatoms. The van der Waals surface area contributed by atoms with Crippen LogP contribution in [0.2, 0.25) is 0 Å². The topological polar surface area (TPSA) is 88.4 Å². The third-order valence-corrected chi connectivity index (χ3v) is 3.91. The summed E-state index contributed by atoms with van der Waals surface area (Å²) in [4.78, 5) is 28.5.